The van der Waals surface area contributed by atoms with Gasteiger partial charge < -0.3 is 15.5 Å². The second-order valence-corrected chi connectivity index (χ2v) is 9.94. The molecule has 0 aliphatic heterocycles. The number of amides is 2. The zero-order valence-electron chi connectivity index (χ0n) is 25.6. The van der Waals surface area contributed by atoms with Gasteiger partial charge in [-0.2, -0.15) is 0 Å². The molecule has 0 aliphatic rings. The Kier molecular flexibility index (Phi) is 22.1. The number of carbonyl (C=O) groups is 2. The molecule has 0 fully saturated rings. The molecule has 1 heterocycles. The minimum atomic E-state index is -0.00413. The van der Waals surface area contributed by atoms with Crippen LogP contribution >= 0.6 is 0 Å². The van der Waals surface area contributed by atoms with E-state index in [0.29, 0.717) is 25.9 Å². The highest BCUT2D eigenvalue weighted by atomic mass is 16.2. The van der Waals surface area contributed by atoms with Gasteiger partial charge in [-0.25, -0.2) is 0 Å². The predicted octanol–water partition coefficient (Wildman–Crippen LogP) is 6.88. The lowest BCUT2D eigenvalue weighted by Gasteiger charge is -2.17. The highest BCUT2D eigenvalue weighted by molar-refractivity contribution is 5.78. The van der Waals surface area contributed by atoms with E-state index in [-0.39, 0.29) is 11.8 Å². The van der Waals surface area contributed by atoms with E-state index in [4.69, 9.17) is 0 Å². The van der Waals surface area contributed by atoms with E-state index in [9.17, 15) is 9.59 Å². The van der Waals surface area contributed by atoms with Gasteiger partial charge in [-0.1, -0.05) is 85.9 Å². The van der Waals surface area contributed by atoms with Crippen LogP contribution in [-0.4, -0.2) is 54.9 Å². The summed E-state index contributed by atoms with van der Waals surface area (Å²) in [6.45, 7) is 6.77. The molecule has 0 bridgehead atoms. The summed E-state index contributed by atoms with van der Waals surface area (Å²) in [5.74, 6) is 0.0881. The second-order valence-electron chi connectivity index (χ2n) is 9.94. The van der Waals surface area contributed by atoms with Crippen LogP contribution in [-0.2, 0) is 9.59 Å². The highest BCUT2D eigenvalue weighted by Crippen LogP contribution is 2.03. The fourth-order valence-corrected chi connectivity index (χ4v) is 3.67. The largest absolute Gasteiger partial charge is 0.355 e. The summed E-state index contributed by atoms with van der Waals surface area (Å²) in [5, 5.41) is 5.91. The Hall–Kier alpha value is -3.51. The number of unbranched alkanes of at least 4 members (excludes halogenated alkanes) is 1. The number of pyridine rings is 1. The first-order valence-electron chi connectivity index (χ1n) is 15.1. The maximum Gasteiger partial charge on any atom is 0.223 e. The number of aromatic nitrogens is 1. The van der Waals surface area contributed by atoms with Crippen molar-refractivity contribution in [2.45, 2.75) is 71.6 Å². The quantitative estimate of drug-likeness (QED) is 0.120. The molecule has 2 N–H and O–H groups in total. The fraction of sp³-hybridized carbons (Fsp3) is 0.457. The lowest BCUT2D eigenvalue weighted by Crippen LogP contribution is -2.37. The Balaban J connectivity index is 1.97. The zero-order chi connectivity index (χ0) is 29.8. The molecule has 1 aromatic heterocycles. The summed E-state index contributed by atoms with van der Waals surface area (Å²) < 4.78 is 0. The first kappa shape index (κ1) is 35.5. The van der Waals surface area contributed by atoms with Crippen LogP contribution in [0.4, 0.5) is 0 Å². The van der Waals surface area contributed by atoms with Gasteiger partial charge in [-0.15, -0.1) is 0 Å². The molecule has 1 rings (SSSR count). The Labute approximate surface area is 249 Å². The summed E-state index contributed by atoms with van der Waals surface area (Å²) in [5.41, 5.74) is 1.96. The monoisotopic (exact) mass is 560 g/mol. The normalized spacial score (nSPS) is 12.4. The number of hydrogen-bond donors (Lipinski definition) is 2. The van der Waals surface area contributed by atoms with Crippen LogP contribution in [0.1, 0.15) is 76.0 Å². The third-order valence-corrected chi connectivity index (χ3v) is 6.11. The molecule has 0 radical (unpaired) electrons. The van der Waals surface area contributed by atoms with Crippen LogP contribution in [0.25, 0.3) is 6.08 Å². The first-order chi connectivity index (χ1) is 20.0. The molecule has 41 heavy (non-hydrogen) atoms. The van der Waals surface area contributed by atoms with Crippen molar-refractivity contribution in [3.05, 3.63) is 96.4 Å². The molecule has 0 spiro atoms. The van der Waals surface area contributed by atoms with Crippen molar-refractivity contribution in [1.29, 1.82) is 0 Å². The number of nitrogens with zero attached hydrogens (tertiary/aromatic N) is 2. The topological polar surface area (TPSA) is 74.3 Å². The Bertz CT molecular complexity index is 1000. The molecule has 6 heteroatoms. The maximum absolute atomic E-state index is 12.1. The van der Waals surface area contributed by atoms with E-state index in [1.807, 2.05) is 38.3 Å². The van der Waals surface area contributed by atoms with E-state index in [1.54, 1.807) is 6.20 Å². The van der Waals surface area contributed by atoms with Crippen molar-refractivity contribution in [1.82, 2.24) is 20.5 Å². The van der Waals surface area contributed by atoms with E-state index in [0.717, 1.165) is 69.3 Å². The maximum atomic E-state index is 12.1. The molecule has 2 amide bonds. The number of nitrogens with one attached hydrogen (secondary N) is 2. The van der Waals surface area contributed by atoms with E-state index in [1.165, 1.54) is 0 Å². The average Bonchev–Trinajstić information content (AvgIpc) is 2.95. The van der Waals surface area contributed by atoms with Gasteiger partial charge in [0.2, 0.25) is 11.8 Å². The molecule has 0 unspecified atom stereocenters. The smallest absolute Gasteiger partial charge is 0.223 e. The summed E-state index contributed by atoms with van der Waals surface area (Å²) in [6, 6.07) is 3.93. The van der Waals surface area contributed by atoms with Crippen LogP contribution in [0.2, 0.25) is 0 Å². The molecule has 0 saturated heterocycles. The minimum Gasteiger partial charge on any atom is -0.355 e. The summed E-state index contributed by atoms with van der Waals surface area (Å²) in [7, 11) is 1.99. The molecule has 0 aliphatic carbocycles. The first-order valence-corrected chi connectivity index (χ1v) is 15.1. The third kappa shape index (κ3) is 22.9. The number of rotatable bonds is 22. The fourth-order valence-electron chi connectivity index (χ4n) is 3.67. The molecule has 0 aromatic carbocycles. The SMILES string of the molecule is CCC=CCC=CCC=CCC=CCC=CCCCC(=O)NCCN(C)CCNC(=O)CC=Cc1ccc(C)nc1. The molecule has 0 saturated carbocycles. The second kappa shape index (κ2) is 25.5. The number of allylic oxidation sites excluding steroid dienone is 10. The molecular weight excluding hydrogens is 508 g/mol. The summed E-state index contributed by atoms with van der Waals surface area (Å²) in [4.78, 5) is 30.4. The molecular formula is C35H52N4O2. The zero-order valence-corrected chi connectivity index (χ0v) is 25.6. The van der Waals surface area contributed by atoms with Crippen LogP contribution in [0.5, 0.6) is 0 Å². The lowest BCUT2D eigenvalue weighted by atomic mass is 10.2. The van der Waals surface area contributed by atoms with Crippen molar-refractivity contribution >= 4 is 17.9 Å². The number of likely N-dealkylation sites (N-methyl/N-ethyl adjacent to an activating group) is 1. The van der Waals surface area contributed by atoms with Gasteiger partial charge in [0.1, 0.15) is 0 Å². The van der Waals surface area contributed by atoms with Crippen molar-refractivity contribution in [3.63, 3.8) is 0 Å². The van der Waals surface area contributed by atoms with Gasteiger partial charge in [-0.3, -0.25) is 14.6 Å². The standard InChI is InChI=1S/C35H52N4O2/c1-4-5-6-7-8-9-10-11-12-13-14-15-16-17-18-19-20-23-34(40)36-27-29-39(3)30-28-37-35(41)24-21-22-33-26-25-32(2)38-31-33/h5-6,8-9,11-12,14-15,17-18,21-22,25-26,31H,4,7,10,13,16,19-20,23-24,27-30H2,1-3H3,(H,36,40)(H,37,41). The lowest BCUT2D eigenvalue weighted by molar-refractivity contribution is -0.121. The van der Waals surface area contributed by atoms with E-state index >= 15 is 0 Å². The van der Waals surface area contributed by atoms with Gasteiger partial charge >= 0.3 is 0 Å². The van der Waals surface area contributed by atoms with Crippen LogP contribution < -0.4 is 10.6 Å². The van der Waals surface area contributed by atoms with E-state index in [2.05, 4.69) is 88.2 Å². The molecule has 1 aromatic rings. The summed E-state index contributed by atoms with van der Waals surface area (Å²) >= 11 is 0. The highest BCUT2D eigenvalue weighted by Gasteiger charge is 2.03. The number of hydrogen-bond acceptors (Lipinski definition) is 4. The van der Waals surface area contributed by atoms with E-state index < -0.39 is 0 Å². The minimum absolute atomic E-state index is 0.00413. The van der Waals surface area contributed by atoms with Crippen LogP contribution in [0, 0.1) is 6.92 Å². The van der Waals surface area contributed by atoms with Crippen LogP contribution in [0.3, 0.4) is 0 Å². The van der Waals surface area contributed by atoms with Crippen molar-refractivity contribution in [2.75, 3.05) is 33.2 Å². The molecule has 6 nitrogen and oxygen atoms in total. The van der Waals surface area contributed by atoms with Crippen molar-refractivity contribution in [3.8, 4) is 0 Å². The summed E-state index contributed by atoms with van der Waals surface area (Å²) in [6.07, 6.45) is 35.1. The third-order valence-electron chi connectivity index (χ3n) is 6.11. The Morgan fingerprint density at radius 2 is 1.34 bits per heavy atom. The van der Waals surface area contributed by atoms with Crippen molar-refractivity contribution < 1.29 is 9.59 Å². The van der Waals surface area contributed by atoms with Gasteiger partial charge in [0, 0.05) is 50.9 Å². The van der Waals surface area contributed by atoms with Gasteiger partial charge in [0.15, 0.2) is 0 Å². The number of aryl methyl sites for hydroxylation is 1. The molecule has 224 valence electrons. The number of carbonyl (C=O) groups excluding carboxylic acids is 2. The van der Waals surface area contributed by atoms with Crippen LogP contribution in [0.15, 0.2) is 85.2 Å². The molecule has 0 atom stereocenters. The van der Waals surface area contributed by atoms with Gasteiger partial charge in [-0.05, 0) is 70.5 Å². The average molecular weight is 561 g/mol. The Morgan fingerprint density at radius 1 is 0.780 bits per heavy atom. The van der Waals surface area contributed by atoms with Crippen molar-refractivity contribution in [2.24, 2.45) is 0 Å². The Morgan fingerprint density at radius 3 is 1.90 bits per heavy atom. The van der Waals surface area contributed by atoms with Gasteiger partial charge in [0.25, 0.3) is 0 Å². The predicted molar refractivity (Wildman–Crippen MR) is 174 cm³/mol. The van der Waals surface area contributed by atoms with Gasteiger partial charge in [0.05, 0.1) is 0 Å².